The lowest BCUT2D eigenvalue weighted by Crippen LogP contribution is -2.61. The van der Waals surface area contributed by atoms with E-state index in [1.807, 2.05) is 0 Å². The summed E-state index contributed by atoms with van der Waals surface area (Å²) >= 11 is 0. The maximum Gasteiger partial charge on any atom is 0.0535 e. The second-order valence-corrected chi connectivity index (χ2v) is 6.78. The first-order valence-corrected chi connectivity index (χ1v) is 8.24. The molecule has 2 aliphatic rings. The van der Waals surface area contributed by atoms with Crippen LogP contribution in [0.15, 0.2) is 30.3 Å². The third-order valence-corrected chi connectivity index (χ3v) is 5.41. The molecule has 1 aromatic carbocycles. The van der Waals surface area contributed by atoms with Crippen molar-refractivity contribution < 1.29 is 0 Å². The van der Waals surface area contributed by atoms with E-state index in [0.29, 0.717) is 6.04 Å². The van der Waals surface area contributed by atoms with Gasteiger partial charge in [0, 0.05) is 25.2 Å². The van der Waals surface area contributed by atoms with Gasteiger partial charge < -0.3 is 5.32 Å². The number of nitrogens with one attached hydrogen (secondary N) is 1. The van der Waals surface area contributed by atoms with Crippen LogP contribution in [0.4, 0.5) is 0 Å². The summed E-state index contributed by atoms with van der Waals surface area (Å²) in [5.74, 6) is 0.946. The zero-order valence-corrected chi connectivity index (χ0v) is 13.1. The van der Waals surface area contributed by atoms with Gasteiger partial charge in [-0.25, -0.2) is 0 Å². The molecule has 4 unspecified atom stereocenters. The van der Waals surface area contributed by atoms with Crippen LogP contribution in [0.25, 0.3) is 0 Å². The van der Waals surface area contributed by atoms with Gasteiger partial charge in [0.1, 0.15) is 0 Å². The highest BCUT2D eigenvalue weighted by Crippen LogP contribution is 2.42. The molecule has 1 saturated heterocycles. The maximum absolute atomic E-state index is 3.82. The normalized spacial score (nSPS) is 37.9. The molecule has 1 aromatic rings. The number of benzene rings is 1. The molecule has 0 bridgehead atoms. The number of hydrogen-bond acceptors (Lipinski definition) is 2. The SMILES string of the molecule is CCC1CC1N1CC(C)(c2ccccc2)NCC1CC. The van der Waals surface area contributed by atoms with E-state index in [0.717, 1.165) is 25.0 Å². The summed E-state index contributed by atoms with van der Waals surface area (Å²) in [5, 5.41) is 3.82. The minimum atomic E-state index is 0.105. The van der Waals surface area contributed by atoms with Crippen molar-refractivity contribution in [1.29, 1.82) is 0 Å². The van der Waals surface area contributed by atoms with Gasteiger partial charge in [-0.3, -0.25) is 4.90 Å². The van der Waals surface area contributed by atoms with Crippen molar-refractivity contribution in [2.75, 3.05) is 13.1 Å². The van der Waals surface area contributed by atoms with Gasteiger partial charge in [0.15, 0.2) is 0 Å². The fourth-order valence-electron chi connectivity index (χ4n) is 3.85. The van der Waals surface area contributed by atoms with Crippen molar-refractivity contribution in [1.82, 2.24) is 10.2 Å². The van der Waals surface area contributed by atoms with Crippen LogP contribution in [0.3, 0.4) is 0 Å². The molecule has 1 saturated carbocycles. The lowest BCUT2D eigenvalue weighted by atomic mass is 9.87. The largest absolute Gasteiger partial charge is 0.305 e. The van der Waals surface area contributed by atoms with Gasteiger partial charge in [0.25, 0.3) is 0 Å². The van der Waals surface area contributed by atoms with E-state index in [1.165, 1.54) is 24.8 Å². The second-order valence-electron chi connectivity index (χ2n) is 6.78. The van der Waals surface area contributed by atoms with Crippen LogP contribution < -0.4 is 5.32 Å². The molecular formula is C18H28N2. The molecule has 2 fully saturated rings. The van der Waals surface area contributed by atoms with Gasteiger partial charge in [-0.1, -0.05) is 50.6 Å². The van der Waals surface area contributed by atoms with E-state index in [-0.39, 0.29) is 5.54 Å². The number of nitrogens with zero attached hydrogens (tertiary/aromatic N) is 1. The van der Waals surface area contributed by atoms with Crippen molar-refractivity contribution in [2.24, 2.45) is 5.92 Å². The highest BCUT2D eigenvalue weighted by molar-refractivity contribution is 5.25. The summed E-state index contributed by atoms with van der Waals surface area (Å²) in [5.41, 5.74) is 1.53. The fourth-order valence-corrected chi connectivity index (χ4v) is 3.85. The summed E-state index contributed by atoms with van der Waals surface area (Å²) in [6, 6.07) is 12.5. The molecule has 4 atom stereocenters. The van der Waals surface area contributed by atoms with E-state index in [9.17, 15) is 0 Å². The Morgan fingerprint density at radius 3 is 2.55 bits per heavy atom. The molecule has 1 N–H and O–H groups in total. The second kappa shape index (κ2) is 5.50. The highest BCUT2D eigenvalue weighted by atomic mass is 15.3. The van der Waals surface area contributed by atoms with Crippen LogP contribution in [-0.4, -0.2) is 30.1 Å². The van der Waals surface area contributed by atoms with Gasteiger partial charge in [-0.05, 0) is 31.2 Å². The molecule has 0 aromatic heterocycles. The molecular weight excluding hydrogens is 244 g/mol. The molecule has 110 valence electrons. The Bertz CT molecular complexity index is 444. The van der Waals surface area contributed by atoms with Crippen LogP contribution in [0.1, 0.15) is 45.6 Å². The maximum atomic E-state index is 3.82. The van der Waals surface area contributed by atoms with Gasteiger partial charge in [0.05, 0.1) is 5.54 Å². The van der Waals surface area contributed by atoms with E-state index in [4.69, 9.17) is 0 Å². The van der Waals surface area contributed by atoms with Crippen LogP contribution in [-0.2, 0) is 5.54 Å². The summed E-state index contributed by atoms with van der Waals surface area (Å²) in [4.78, 5) is 2.80. The minimum Gasteiger partial charge on any atom is -0.305 e. The Balaban J connectivity index is 1.79. The van der Waals surface area contributed by atoms with Crippen molar-refractivity contribution in [3.63, 3.8) is 0 Å². The topological polar surface area (TPSA) is 15.3 Å². The zero-order chi connectivity index (χ0) is 14.2. The third kappa shape index (κ3) is 2.51. The molecule has 1 aliphatic carbocycles. The molecule has 3 rings (SSSR count). The predicted octanol–water partition coefficient (Wildman–Crippen LogP) is 3.38. The highest BCUT2D eigenvalue weighted by Gasteiger charge is 2.47. The molecule has 0 amide bonds. The van der Waals surface area contributed by atoms with E-state index in [2.05, 4.69) is 61.3 Å². The average Bonchev–Trinajstić information content (AvgIpc) is 3.28. The van der Waals surface area contributed by atoms with Crippen LogP contribution in [0, 0.1) is 5.92 Å². The first-order chi connectivity index (χ1) is 9.68. The van der Waals surface area contributed by atoms with Crippen LogP contribution >= 0.6 is 0 Å². The van der Waals surface area contributed by atoms with Gasteiger partial charge in [-0.15, -0.1) is 0 Å². The summed E-state index contributed by atoms with van der Waals surface area (Å²) in [7, 11) is 0. The molecule has 2 heteroatoms. The molecule has 20 heavy (non-hydrogen) atoms. The molecule has 0 radical (unpaired) electrons. The summed E-state index contributed by atoms with van der Waals surface area (Å²) in [6.07, 6.45) is 4.01. The van der Waals surface area contributed by atoms with Crippen molar-refractivity contribution in [3.8, 4) is 0 Å². The van der Waals surface area contributed by atoms with Gasteiger partial charge in [-0.2, -0.15) is 0 Å². The quantitative estimate of drug-likeness (QED) is 0.904. The first-order valence-electron chi connectivity index (χ1n) is 8.24. The smallest absolute Gasteiger partial charge is 0.0535 e. The molecule has 0 spiro atoms. The Kier molecular flexibility index (Phi) is 3.87. The van der Waals surface area contributed by atoms with Crippen molar-refractivity contribution in [3.05, 3.63) is 35.9 Å². The Hall–Kier alpha value is -0.860. The summed E-state index contributed by atoms with van der Waals surface area (Å²) in [6.45, 7) is 9.30. The fraction of sp³-hybridized carbons (Fsp3) is 0.667. The third-order valence-electron chi connectivity index (χ3n) is 5.41. The average molecular weight is 272 g/mol. The van der Waals surface area contributed by atoms with Gasteiger partial charge in [0.2, 0.25) is 0 Å². The first kappa shape index (κ1) is 14.1. The Labute approximate surface area is 123 Å². The zero-order valence-electron chi connectivity index (χ0n) is 13.1. The predicted molar refractivity (Wildman–Crippen MR) is 84.8 cm³/mol. The van der Waals surface area contributed by atoms with Crippen LogP contribution in [0.2, 0.25) is 0 Å². The monoisotopic (exact) mass is 272 g/mol. The van der Waals surface area contributed by atoms with Gasteiger partial charge >= 0.3 is 0 Å². The Morgan fingerprint density at radius 1 is 1.20 bits per heavy atom. The van der Waals surface area contributed by atoms with Crippen molar-refractivity contribution in [2.45, 2.75) is 57.7 Å². The number of hydrogen-bond donors (Lipinski definition) is 1. The summed E-state index contributed by atoms with van der Waals surface area (Å²) < 4.78 is 0. The van der Waals surface area contributed by atoms with E-state index >= 15 is 0 Å². The van der Waals surface area contributed by atoms with Crippen LogP contribution in [0.5, 0.6) is 0 Å². The Morgan fingerprint density at radius 2 is 1.95 bits per heavy atom. The minimum absolute atomic E-state index is 0.105. The molecule has 1 aliphatic heterocycles. The lowest BCUT2D eigenvalue weighted by molar-refractivity contribution is 0.0709. The number of rotatable bonds is 4. The molecule has 1 heterocycles. The van der Waals surface area contributed by atoms with E-state index < -0.39 is 0 Å². The number of piperazine rings is 1. The van der Waals surface area contributed by atoms with Crippen molar-refractivity contribution >= 4 is 0 Å². The van der Waals surface area contributed by atoms with E-state index in [1.54, 1.807) is 0 Å². The molecule has 2 nitrogen and oxygen atoms in total. The lowest BCUT2D eigenvalue weighted by Gasteiger charge is -2.47. The standard InChI is InChI=1S/C18H28N2/c1-4-14-11-17(14)20-13-18(3,19-12-16(20)5-2)15-9-7-6-8-10-15/h6-10,14,16-17,19H,4-5,11-13H2,1-3H3.